The minimum atomic E-state index is -0.934. The van der Waals surface area contributed by atoms with Crippen molar-refractivity contribution in [3.63, 3.8) is 0 Å². The first-order chi connectivity index (χ1) is 7.45. The van der Waals surface area contributed by atoms with Gasteiger partial charge in [-0.15, -0.1) is 0 Å². The smallest absolute Gasteiger partial charge is 0.314 e. The molecule has 1 aromatic rings. The van der Waals surface area contributed by atoms with E-state index in [1.54, 1.807) is 6.07 Å². The van der Waals surface area contributed by atoms with Gasteiger partial charge in [0.25, 0.3) is 0 Å². The van der Waals surface area contributed by atoms with Crippen molar-refractivity contribution >= 4 is 17.6 Å². The number of aromatic hydroxyl groups is 1. The highest BCUT2D eigenvalue weighted by Crippen LogP contribution is 2.44. The van der Waals surface area contributed by atoms with Gasteiger partial charge in [-0.25, -0.2) is 0 Å². The highest BCUT2D eigenvalue weighted by atomic mass is 35.5. The number of carboxylic acid groups (broad SMARTS) is 1. The average molecular weight is 242 g/mol. The molecule has 0 radical (unpaired) electrons. The lowest BCUT2D eigenvalue weighted by molar-refractivity contribution is -0.148. The van der Waals surface area contributed by atoms with Crippen molar-refractivity contribution in [3.8, 4) is 5.75 Å². The molecular weight excluding hydrogens is 230 g/mol. The molecule has 0 saturated heterocycles. The van der Waals surface area contributed by atoms with Crippen molar-refractivity contribution in [3.05, 3.63) is 28.8 Å². The van der Waals surface area contributed by atoms with Crippen LogP contribution < -0.4 is 5.73 Å². The van der Waals surface area contributed by atoms with Crippen LogP contribution in [0.1, 0.15) is 18.4 Å². The van der Waals surface area contributed by atoms with E-state index in [-0.39, 0.29) is 16.8 Å². The molecule has 0 spiro atoms. The number of phenols is 1. The largest absolute Gasteiger partial charge is 0.506 e. The quantitative estimate of drug-likeness (QED) is 0.733. The summed E-state index contributed by atoms with van der Waals surface area (Å²) < 4.78 is 0. The summed E-state index contributed by atoms with van der Waals surface area (Å²) in [6, 6.07) is 4.41. The summed E-state index contributed by atoms with van der Waals surface area (Å²) in [7, 11) is 0. The monoisotopic (exact) mass is 241 g/mol. The summed E-state index contributed by atoms with van der Waals surface area (Å²) in [5.41, 5.74) is 5.32. The van der Waals surface area contributed by atoms with Crippen LogP contribution in [-0.2, 0) is 10.2 Å². The van der Waals surface area contributed by atoms with Crippen molar-refractivity contribution in [2.24, 2.45) is 5.73 Å². The fraction of sp³-hybridized carbons (Fsp3) is 0.364. The molecule has 4 N–H and O–H groups in total. The number of carboxylic acids is 1. The molecule has 1 saturated carbocycles. The van der Waals surface area contributed by atoms with E-state index in [2.05, 4.69) is 0 Å². The molecule has 0 aliphatic heterocycles. The molecule has 0 bridgehead atoms. The third-order valence-electron chi connectivity index (χ3n) is 3.13. The van der Waals surface area contributed by atoms with E-state index in [9.17, 15) is 15.0 Å². The maximum atomic E-state index is 11.3. The van der Waals surface area contributed by atoms with Crippen LogP contribution >= 0.6 is 11.6 Å². The number of hydrogen-bond donors (Lipinski definition) is 3. The molecule has 4 nitrogen and oxygen atoms in total. The van der Waals surface area contributed by atoms with Crippen LogP contribution in [0, 0.1) is 0 Å². The van der Waals surface area contributed by atoms with Crippen LogP contribution in [0.2, 0.25) is 5.02 Å². The first-order valence-electron chi connectivity index (χ1n) is 4.94. The van der Waals surface area contributed by atoms with E-state index in [0.717, 1.165) is 0 Å². The van der Waals surface area contributed by atoms with Gasteiger partial charge in [-0.05, 0) is 30.5 Å². The van der Waals surface area contributed by atoms with Gasteiger partial charge in [0.05, 0.1) is 10.4 Å². The highest BCUT2D eigenvalue weighted by Gasteiger charge is 2.50. The Labute approximate surface area is 97.6 Å². The zero-order valence-corrected chi connectivity index (χ0v) is 9.24. The van der Waals surface area contributed by atoms with Gasteiger partial charge in [0, 0.05) is 6.04 Å². The molecule has 0 atom stereocenters. The Kier molecular flexibility index (Phi) is 2.56. The lowest BCUT2D eigenvalue weighted by Crippen LogP contribution is -2.54. The second kappa shape index (κ2) is 3.64. The molecule has 1 aromatic carbocycles. The van der Waals surface area contributed by atoms with Gasteiger partial charge >= 0.3 is 5.97 Å². The van der Waals surface area contributed by atoms with E-state index in [0.29, 0.717) is 18.4 Å². The fourth-order valence-electron chi connectivity index (χ4n) is 2.17. The topological polar surface area (TPSA) is 83.6 Å². The van der Waals surface area contributed by atoms with Crippen molar-refractivity contribution in [2.75, 3.05) is 0 Å². The Morgan fingerprint density at radius 2 is 2.12 bits per heavy atom. The number of halogens is 1. The Balaban J connectivity index is 2.41. The molecule has 0 aromatic heterocycles. The predicted octanol–water partition coefficient (Wildman–Crippen LogP) is 1.49. The number of nitrogens with two attached hydrogens (primary N) is 1. The van der Waals surface area contributed by atoms with Gasteiger partial charge in [-0.1, -0.05) is 17.7 Å². The molecular formula is C11H12ClNO3. The Bertz CT molecular complexity index is 441. The van der Waals surface area contributed by atoms with Gasteiger partial charge in [0.2, 0.25) is 0 Å². The minimum absolute atomic E-state index is 0.0467. The van der Waals surface area contributed by atoms with Gasteiger partial charge in [0.15, 0.2) is 0 Å². The van der Waals surface area contributed by atoms with Crippen LogP contribution in [0.3, 0.4) is 0 Å². The summed E-state index contributed by atoms with van der Waals surface area (Å²) in [5, 5.41) is 18.7. The molecule has 5 heteroatoms. The molecule has 0 amide bonds. The Morgan fingerprint density at radius 1 is 1.50 bits per heavy atom. The maximum absolute atomic E-state index is 11.3. The van der Waals surface area contributed by atoms with Gasteiger partial charge < -0.3 is 15.9 Å². The lowest BCUT2D eigenvalue weighted by Gasteiger charge is -2.43. The fourth-order valence-corrected chi connectivity index (χ4v) is 2.35. The summed E-state index contributed by atoms with van der Waals surface area (Å²) in [5.74, 6) is -0.939. The summed E-state index contributed by atoms with van der Waals surface area (Å²) in [6.07, 6.45) is 0.812. The number of rotatable bonds is 2. The highest BCUT2D eigenvalue weighted by molar-refractivity contribution is 6.32. The molecule has 16 heavy (non-hydrogen) atoms. The standard InChI is InChI=1S/C11H12ClNO3/c12-8-3-6(1-2-9(8)14)11(10(15)16)4-7(13)5-11/h1-3,7,14H,4-5,13H2,(H,15,16). The van der Waals surface area contributed by atoms with Crippen molar-refractivity contribution in [2.45, 2.75) is 24.3 Å². The lowest BCUT2D eigenvalue weighted by atomic mass is 9.62. The molecule has 1 fully saturated rings. The molecule has 2 rings (SSSR count). The van der Waals surface area contributed by atoms with Crippen LogP contribution in [0.4, 0.5) is 0 Å². The predicted molar refractivity (Wildman–Crippen MR) is 59.6 cm³/mol. The summed E-state index contributed by atoms with van der Waals surface area (Å²) in [4.78, 5) is 11.3. The molecule has 1 aliphatic carbocycles. The van der Waals surface area contributed by atoms with E-state index in [4.69, 9.17) is 17.3 Å². The minimum Gasteiger partial charge on any atom is -0.506 e. The van der Waals surface area contributed by atoms with Crippen molar-refractivity contribution in [1.82, 2.24) is 0 Å². The van der Waals surface area contributed by atoms with E-state index >= 15 is 0 Å². The van der Waals surface area contributed by atoms with Crippen LogP contribution in [0.15, 0.2) is 18.2 Å². The van der Waals surface area contributed by atoms with Gasteiger partial charge in [-0.2, -0.15) is 0 Å². The number of hydrogen-bond acceptors (Lipinski definition) is 3. The average Bonchev–Trinajstić information content (AvgIpc) is 2.17. The van der Waals surface area contributed by atoms with Crippen LogP contribution in [0.25, 0.3) is 0 Å². The first kappa shape index (κ1) is 11.2. The van der Waals surface area contributed by atoms with Crippen molar-refractivity contribution < 1.29 is 15.0 Å². The van der Waals surface area contributed by atoms with Crippen LogP contribution in [0.5, 0.6) is 5.75 Å². The van der Waals surface area contributed by atoms with Crippen LogP contribution in [-0.4, -0.2) is 22.2 Å². The molecule has 0 heterocycles. The van der Waals surface area contributed by atoms with Gasteiger partial charge in [-0.3, -0.25) is 4.79 Å². The normalized spacial score (nSPS) is 28.5. The number of phenolic OH excluding ortho intramolecular Hbond substituents is 1. The van der Waals surface area contributed by atoms with Crippen molar-refractivity contribution in [1.29, 1.82) is 0 Å². The maximum Gasteiger partial charge on any atom is 0.314 e. The Hall–Kier alpha value is -1.26. The molecule has 1 aliphatic rings. The second-order valence-electron chi connectivity index (χ2n) is 4.22. The summed E-state index contributed by atoms with van der Waals surface area (Å²) >= 11 is 5.77. The zero-order chi connectivity index (χ0) is 11.9. The molecule has 86 valence electrons. The van der Waals surface area contributed by atoms with E-state index < -0.39 is 11.4 Å². The Morgan fingerprint density at radius 3 is 2.56 bits per heavy atom. The number of carbonyl (C=O) groups is 1. The van der Waals surface area contributed by atoms with E-state index in [1.165, 1.54) is 12.1 Å². The number of benzene rings is 1. The summed E-state index contributed by atoms with van der Waals surface area (Å²) in [6.45, 7) is 0. The van der Waals surface area contributed by atoms with Gasteiger partial charge in [0.1, 0.15) is 5.75 Å². The first-order valence-corrected chi connectivity index (χ1v) is 5.31. The third kappa shape index (κ3) is 1.54. The third-order valence-corrected chi connectivity index (χ3v) is 3.43. The SMILES string of the molecule is NC1CC(C(=O)O)(c2ccc(O)c(Cl)c2)C1. The van der Waals surface area contributed by atoms with E-state index in [1.807, 2.05) is 0 Å². The molecule has 0 unspecified atom stereocenters. The number of aliphatic carboxylic acids is 1. The second-order valence-corrected chi connectivity index (χ2v) is 4.63. The zero-order valence-electron chi connectivity index (χ0n) is 8.48.